The average Bonchev–Trinajstić information content (AvgIpc) is 2.36. The van der Waals surface area contributed by atoms with Gasteiger partial charge in [-0.15, -0.1) is 0 Å². The number of nitrogens with zero attached hydrogens (tertiary/aromatic N) is 2. The molecule has 2 N–H and O–H groups in total. The maximum Gasteiger partial charge on any atom is 0.238 e. The lowest BCUT2D eigenvalue weighted by atomic mass is 10.3. The molecule has 0 aromatic carbocycles. The van der Waals surface area contributed by atoms with E-state index in [0.29, 0.717) is 5.69 Å². The number of carbonyl (C=O) groups is 1. The van der Waals surface area contributed by atoms with E-state index in [1.54, 1.807) is 13.0 Å². The third kappa shape index (κ3) is 2.06. The highest BCUT2D eigenvalue weighted by atomic mass is 16.1. The molecule has 0 bridgehead atoms. The summed E-state index contributed by atoms with van der Waals surface area (Å²) in [6.07, 6.45) is -0.135. The van der Waals surface area contributed by atoms with Gasteiger partial charge in [-0.3, -0.25) is 9.89 Å². The van der Waals surface area contributed by atoms with Gasteiger partial charge < -0.3 is 5.32 Å². The van der Waals surface area contributed by atoms with E-state index in [9.17, 15) is 4.79 Å². The molecule has 0 saturated carbocycles. The molecule has 0 aliphatic carbocycles. The molecule has 1 aromatic heterocycles. The first-order chi connectivity index (χ1) is 6.15. The van der Waals surface area contributed by atoms with Crippen LogP contribution in [0.5, 0.6) is 0 Å². The third-order valence-electron chi connectivity index (χ3n) is 1.63. The van der Waals surface area contributed by atoms with Gasteiger partial charge >= 0.3 is 0 Å². The van der Waals surface area contributed by atoms with Crippen LogP contribution in [0.3, 0.4) is 0 Å². The lowest BCUT2D eigenvalue weighted by molar-refractivity contribution is -0.115. The van der Waals surface area contributed by atoms with E-state index < -0.39 is 0 Å². The number of aromatic nitrogens is 2. The summed E-state index contributed by atoms with van der Waals surface area (Å²) in [6, 6.07) is 1.78. The Morgan fingerprint density at radius 1 is 1.69 bits per heavy atom. The molecule has 1 amide bonds. The molecule has 0 spiro atoms. The highest BCUT2D eigenvalue weighted by Crippen LogP contribution is 2.15. The van der Waals surface area contributed by atoms with Crippen molar-refractivity contribution >= 4 is 11.6 Å². The van der Waals surface area contributed by atoms with E-state index in [-0.39, 0.29) is 12.3 Å². The highest BCUT2D eigenvalue weighted by molar-refractivity contribution is 5.93. The molecule has 0 aliphatic heterocycles. The number of aromatic amines is 1. The van der Waals surface area contributed by atoms with E-state index in [4.69, 9.17) is 5.26 Å². The van der Waals surface area contributed by atoms with Gasteiger partial charge in [0.2, 0.25) is 5.91 Å². The topological polar surface area (TPSA) is 81.6 Å². The van der Waals surface area contributed by atoms with Gasteiger partial charge in [0.25, 0.3) is 0 Å². The molecule has 0 unspecified atom stereocenters. The van der Waals surface area contributed by atoms with E-state index in [1.165, 1.54) is 0 Å². The molecule has 0 aliphatic rings. The second-order valence-electron chi connectivity index (χ2n) is 2.69. The number of hydrogen-bond donors (Lipinski definition) is 2. The molecule has 13 heavy (non-hydrogen) atoms. The maximum atomic E-state index is 11.0. The molecule has 0 atom stereocenters. The first kappa shape index (κ1) is 9.26. The van der Waals surface area contributed by atoms with Gasteiger partial charge in [0, 0.05) is 0 Å². The van der Waals surface area contributed by atoms with Crippen molar-refractivity contribution in [2.75, 3.05) is 5.32 Å². The van der Waals surface area contributed by atoms with Crippen LogP contribution in [0.1, 0.15) is 17.8 Å². The van der Waals surface area contributed by atoms with Crippen molar-refractivity contribution in [3.63, 3.8) is 0 Å². The summed E-state index contributed by atoms with van der Waals surface area (Å²) < 4.78 is 0. The van der Waals surface area contributed by atoms with Crippen molar-refractivity contribution in [1.29, 1.82) is 5.26 Å². The summed E-state index contributed by atoms with van der Waals surface area (Å²) >= 11 is 0. The first-order valence-corrected chi connectivity index (χ1v) is 3.83. The Balaban J connectivity index is 2.75. The molecule has 1 heterocycles. The van der Waals surface area contributed by atoms with Crippen LogP contribution >= 0.6 is 0 Å². The quantitative estimate of drug-likeness (QED) is 0.705. The number of rotatable bonds is 2. The predicted molar refractivity (Wildman–Crippen MR) is 46.9 cm³/mol. The summed E-state index contributed by atoms with van der Waals surface area (Å²) in [6.45, 7) is 3.59. The summed E-state index contributed by atoms with van der Waals surface area (Å²) in [4.78, 5) is 11.0. The normalized spacial score (nSPS) is 9.31. The minimum absolute atomic E-state index is 0.135. The third-order valence-corrected chi connectivity index (χ3v) is 1.63. The Hall–Kier alpha value is -1.83. The molecule has 1 aromatic rings. The van der Waals surface area contributed by atoms with Crippen LogP contribution in [0.25, 0.3) is 0 Å². The smallest absolute Gasteiger partial charge is 0.238 e. The summed E-state index contributed by atoms with van der Waals surface area (Å²) in [5, 5.41) is 17.5. The van der Waals surface area contributed by atoms with E-state index in [1.807, 2.05) is 6.92 Å². The fraction of sp³-hybridized carbons (Fsp3) is 0.375. The summed E-state index contributed by atoms with van der Waals surface area (Å²) in [5.41, 5.74) is 2.19. The van der Waals surface area contributed by atoms with Crippen LogP contribution in [0.2, 0.25) is 0 Å². The predicted octanol–water partition coefficient (Wildman–Crippen LogP) is 0.879. The van der Waals surface area contributed by atoms with Crippen LogP contribution in [0.15, 0.2) is 0 Å². The zero-order valence-electron chi connectivity index (χ0n) is 7.51. The summed E-state index contributed by atoms with van der Waals surface area (Å²) in [5.74, 6) is -0.310. The minimum atomic E-state index is -0.310. The number of aryl methyl sites for hydroxylation is 2. The highest BCUT2D eigenvalue weighted by Gasteiger charge is 2.08. The van der Waals surface area contributed by atoms with Crippen molar-refractivity contribution < 1.29 is 4.79 Å². The van der Waals surface area contributed by atoms with Gasteiger partial charge in [-0.2, -0.15) is 10.4 Å². The van der Waals surface area contributed by atoms with Gasteiger partial charge in [-0.25, -0.2) is 0 Å². The SMILES string of the molecule is Cc1n[nH]c(C)c1NC(=O)CC#N. The maximum absolute atomic E-state index is 11.0. The number of nitriles is 1. The van der Waals surface area contributed by atoms with Gasteiger partial charge in [0.15, 0.2) is 0 Å². The number of hydrogen-bond acceptors (Lipinski definition) is 3. The fourth-order valence-electron chi connectivity index (χ4n) is 0.990. The molecular formula is C8H10N4O. The average molecular weight is 178 g/mol. The van der Waals surface area contributed by atoms with Gasteiger partial charge in [0.05, 0.1) is 23.1 Å². The molecule has 5 heteroatoms. The van der Waals surface area contributed by atoms with Crippen molar-refractivity contribution in [3.05, 3.63) is 11.4 Å². The molecular weight excluding hydrogens is 168 g/mol. The van der Waals surface area contributed by atoms with Crippen molar-refractivity contribution in [1.82, 2.24) is 10.2 Å². The fourth-order valence-corrected chi connectivity index (χ4v) is 0.990. The number of carbonyl (C=O) groups excluding carboxylic acids is 1. The zero-order valence-corrected chi connectivity index (χ0v) is 7.51. The van der Waals surface area contributed by atoms with Gasteiger partial charge in [-0.05, 0) is 13.8 Å². The number of anilines is 1. The molecule has 1 rings (SSSR count). The molecule has 0 radical (unpaired) electrons. The molecule has 5 nitrogen and oxygen atoms in total. The van der Waals surface area contributed by atoms with E-state index in [0.717, 1.165) is 11.4 Å². The Kier molecular flexibility index (Phi) is 2.65. The van der Waals surface area contributed by atoms with Crippen LogP contribution in [-0.2, 0) is 4.79 Å². The lowest BCUT2D eigenvalue weighted by Gasteiger charge is -2.00. The number of nitrogens with one attached hydrogen (secondary N) is 2. The van der Waals surface area contributed by atoms with Crippen LogP contribution in [0.4, 0.5) is 5.69 Å². The van der Waals surface area contributed by atoms with Crippen LogP contribution in [0, 0.1) is 25.2 Å². The summed E-state index contributed by atoms with van der Waals surface area (Å²) in [7, 11) is 0. The number of H-pyrrole nitrogens is 1. The molecule has 0 fully saturated rings. The van der Waals surface area contributed by atoms with Crippen molar-refractivity contribution in [3.8, 4) is 6.07 Å². The zero-order chi connectivity index (χ0) is 9.84. The van der Waals surface area contributed by atoms with Crippen molar-refractivity contribution in [2.24, 2.45) is 0 Å². The standard InChI is InChI=1S/C8H10N4O/c1-5-8(6(2)12-11-5)10-7(13)3-4-9/h3H2,1-2H3,(H,10,13)(H,11,12). The Labute approximate surface area is 75.8 Å². The van der Waals surface area contributed by atoms with Gasteiger partial charge in [-0.1, -0.05) is 0 Å². The van der Waals surface area contributed by atoms with E-state index >= 15 is 0 Å². The molecule has 0 saturated heterocycles. The van der Waals surface area contributed by atoms with Crippen molar-refractivity contribution in [2.45, 2.75) is 20.3 Å². The molecule has 68 valence electrons. The van der Waals surface area contributed by atoms with Crippen LogP contribution in [-0.4, -0.2) is 16.1 Å². The minimum Gasteiger partial charge on any atom is -0.322 e. The second-order valence-corrected chi connectivity index (χ2v) is 2.69. The first-order valence-electron chi connectivity index (χ1n) is 3.83. The second kappa shape index (κ2) is 3.72. The van der Waals surface area contributed by atoms with Gasteiger partial charge in [0.1, 0.15) is 6.42 Å². The lowest BCUT2D eigenvalue weighted by Crippen LogP contribution is -2.11. The largest absolute Gasteiger partial charge is 0.322 e. The van der Waals surface area contributed by atoms with E-state index in [2.05, 4.69) is 15.5 Å². The Morgan fingerprint density at radius 2 is 2.38 bits per heavy atom. The monoisotopic (exact) mass is 178 g/mol. The van der Waals surface area contributed by atoms with Crippen LogP contribution < -0.4 is 5.32 Å². The Bertz CT molecular complexity index is 341. The Morgan fingerprint density at radius 3 is 2.85 bits per heavy atom. The number of amides is 1.